The Labute approximate surface area is 71.1 Å². The number of anilines is 1. The minimum Gasteiger partial charge on any atom is -0.293 e. The number of Topliss-reactive ketones (excluding diaryl/α,β-unsaturated/α-hetero) is 1. The molecule has 0 amide bonds. The van der Waals surface area contributed by atoms with Crippen LogP contribution in [-0.2, 0) is 4.79 Å². The average Bonchev–Trinajstić information content (AvgIpc) is 2.05. The summed E-state index contributed by atoms with van der Waals surface area (Å²) in [7, 11) is 0. The van der Waals surface area contributed by atoms with Gasteiger partial charge in [-0.15, -0.1) is 0 Å². The molecular weight excluding hydrogens is 152 g/mol. The van der Waals surface area contributed by atoms with Crippen molar-refractivity contribution in [2.75, 3.05) is 5.43 Å². The van der Waals surface area contributed by atoms with Gasteiger partial charge in [-0.3, -0.25) is 10.2 Å². The summed E-state index contributed by atoms with van der Waals surface area (Å²) in [5.74, 6) is -0.0709. The van der Waals surface area contributed by atoms with Crippen LogP contribution in [0, 0.1) is 0 Å². The van der Waals surface area contributed by atoms with Crippen LogP contribution in [0.4, 0.5) is 5.69 Å². The molecule has 1 aromatic carbocycles. The van der Waals surface area contributed by atoms with E-state index in [0.717, 1.165) is 5.69 Å². The number of para-hydroxylation sites is 1. The maximum absolute atomic E-state index is 10.4. The largest absolute Gasteiger partial charge is 0.293 e. The van der Waals surface area contributed by atoms with Crippen molar-refractivity contribution >= 4 is 17.7 Å². The zero-order chi connectivity index (χ0) is 8.81. The van der Waals surface area contributed by atoms with E-state index in [1.54, 1.807) is 0 Å². The van der Waals surface area contributed by atoms with E-state index in [4.69, 9.17) is 0 Å². The zero-order valence-corrected chi connectivity index (χ0v) is 6.82. The summed E-state index contributed by atoms with van der Waals surface area (Å²) < 4.78 is 0. The van der Waals surface area contributed by atoms with Crippen LogP contribution in [0.5, 0.6) is 0 Å². The molecule has 0 fully saturated rings. The number of ketones is 1. The van der Waals surface area contributed by atoms with E-state index in [0.29, 0.717) is 0 Å². The predicted molar refractivity (Wildman–Crippen MR) is 49.2 cm³/mol. The first-order valence-electron chi connectivity index (χ1n) is 3.64. The van der Waals surface area contributed by atoms with Gasteiger partial charge in [-0.2, -0.15) is 5.10 Å². The number of hydrogen-bond donors (Lipinski definition) is 1. The van der Waals surface area contributed by atoms with Crippen molar-refractivity contribution in [2.45, 2.75) is 6.92 Å². The van der Waals surface area contributed by atoms with Crippen molar-refractivity contribution in [1.82, 2.24) is 0 Å². The Morgan fingerprint density at radius 2 is 2.08 bits per heavy atom. The first-order chi connectivity index (χ1) is 5.79. The Hall–Kier alpha value is -1.64. The summed E-state index contributed by atoms with van der Waals surface area (Å²) in [5.41, 5.74) is 3.59. The lowest BCUT2D eigenvalue weighted by Gasteiger charge is -1.96. The molecule has 0 aliphatic carbocycles. The second kappa shape index (κ2) is 4.28. The fraction of sp³-hybridized carbons (Fsp3) is 0.111. The van der Waals surface area contributed by atoms with E-state index in [-0.39, 0.29) is 5.78 Å². The van der Waals surface area contributed by atoms with Crippen LogP contribution in [0.1, 0.15) is 6.92 Å². The van der Waals surface area contributed by atoms with Crippen LogP contribution in [0.2, 0.25) is 0 Å². The van der Waals surface area contributed by atoms with Gasteiger partial charge in [-0.1, -0.05) is 18.2 Å². The molecule has 3 nitrogen and oxygen atoms in total. The molecule has 12 heavy (non-hydrogen) atoms. The van der Waals surface area contributed by atoms with Crippen molar-refractivity contribution in [3.05, 3.63) is 30.3 Å². The summed E-state index contributed by atoms with van der Waals surface area (Å²) in [6, 6.07) is 9.45. The molecule has 0 aliphatic heterocycles. The fourth-order valence-electron chi connectivity index (χ4n) is 0.710. The van der Waals surface area contributed by atoms with Crippen molar-refractivity contribution in [2.24, 2.45) is 5.10 Å². The molecule has 1 N–H and O–H groups in total. The molecule has 0 spiro atoms. The third-order valence-electron chi connectivity index (χ3n) is 1.21. The summed E-state index contributed by atoms with van der Waals surface area (Å²) in [6.07, 6.45) is 1.24. The molecule has 3 heteroatoms. The van der Waals surface area contributed by atoms with Gasteiger partial charge in [0.1, 0.15) is 0 Å². The Balaban J connectivity index is 2.49. The molecule has 0 aliphatic rings. The number of carbonyl (C=O) groups excluding carboxylic acids is 1. The molecular formula is C9H10N2O. The van der Waals surface area contributed by atoms with Gasteiger partial charge in [-0.05, 0) is 12.1 Å². The van der Waals surface area contributed by atoms with Gasteiger partial charge in [0, 0.05) is 6.92 Å². The smallest absolute Gasteiger partial charge is 0.172 e. The number of rotatable bonds is 3. The Bertz CT molecular complexity index is 280. The number of nitrogens with one attached hydrogen (secondary N) is 1. The number of hydrazone groups is 1. The maximum Gasteiger partial charge on any atom is 0.172 e. The Kier molecular flexibility index (Phi) is 3.02. The second-order valence-corrected chi connectivity index (χ2v) is 2.35. The average molecular weight is 162 g/mol. The molecule has 0 heterocycles. The van der Waals surface area contributed by atoms with Gasteiger partial charge in [0.2, 0.25) is 0 Å². The maximum atomic E-state index is 10.4. The number of carbonyl (C=O) groups is 1. The van der Waals surface area contributed by atoms with Crippen molar-refractivity contribution in [3.8, 4) is 0 Å². The first-order valence-corrected chi connectivity index (χ1v) is 3.64. The van der Waals surface area contributed by atoms with Gasteiger partial charge >= 0.3 is 0 Å². The molecule has 62 valence electrons. The van der Waals surface area contributed by atoms with E-state index in [1.807, 2.05) is 30.3 Å². The third-order valence-corrected chi connectivity index (χ3v) is 1.21. The summed E-state index contributed by atoms with van der Waals surface area (Å²) >= 11 is 0. The van der Waals surface area contributed by atoms with E-state index in [9.17, 15) is 4.79 Å². The van der Waals surface area contributed by atoms with Crippen LogP contribution >= 0.6 is 0 Å². The normalized spacial score (nSPS) is 10.1. The SMILES string of the molecule is CC(=O)C=NNc1ccccc1. The summed E-state index contributed by atoms with van der Waals surface area (Å²) in [6.45, 7) is 1.45. The van der Waals surface area contributed by atoms with E-state index >= 15 is 0 Å². The molecule has 1 aromatic rings. The van der Waals surface area contributed by atoms with Crippen LogP contribution in [0.15, 0.2) is 35.4 Å². The van der Waals surface area contributed by atoms with Gasteiger partial charge in [0.05, 0.1) is 11.9 Å². The molecule has 0 unspecified atom stereocenters. The summed E-state index contributed by atoms with van der Waals surface area (Å²) in [4.78, 5) is 10.4. The number of benzene rings is 1. The van der Waals surface area contributed by atoms with E-state index < -0.39 is 0 Å². The third kappa shape index (κ3) is 2.96. The predicted octanol–water partition coefficient (Wildman–Crippen LogP) is 1.67. The minimum atomic E-state index is -0.0709. The number of hydrogen-bond acceptors (Lipinski definition) is 3. The van der Waals surface area contributed by atoms with E-state index in [2.05, 4.69) is 10.5 Å². The van der Waals surface area contributed by atoms with Crippen LogP contribution in [0.25, 0.3) is 0 Å². The first kappa shape index (κ1) is 8.46. The molecule has 1 rings (SSSR count). The lowest BCUT2D eigenvalue weighted by Crippen LogP contribution is -1.94. The molecule has 0 atom stereocenters. The van der Waals surface area contributed by atoms with E-state index in [1.165, 1.54) is 13.1 Å². The van der Waals surface area contributed by atoms with Crippen molar-refractivity contribution in [1.29, 1.82) is 0 Å². The number of nitrogens with zero attached hydrogens (tertiary/aromatic N) is 1. The Morgan fingerprint density at radius 1 is 1.42 bits per heavy atom. The van der Waals surface area contributed by atoms with Gasteiger partial charge in [-0.25, -0.2) is 0 Å². The molecule has 0 saturated carbocycles. The Morgan fingerprint density at radius 3 is 2.67 bits per heavy atom. The molecule has 0 aromatic heterocycles. The highest BCUT2D eigenvalue weighted by atomic mass is 16.1. The zero-order valence-electron chi connectivity index (χ0n) is 6.82. The van der Waals surface area contributed by atoms with Crippen LogP contribution < -0.4 is 5.43 Å². The highest BCUT2D eigenvalue weighted by molar-refractivity contribution is 6.26. The minimum absolute atomic E-state index is 0.0709. The lowest BCUT2D eigenvalue weighted by atomic mass is 10.3. The second-order valence-electron chi connectivity index (χ2n) is 2.35. The summed E-state index contributed by atoms with van der Waals surface area (Å²) in [5, 5.41) is 3.72. The topological polar surface area (TPSA) is 41.5 Å². The van der Waals surface area contributed by atoms with Crippen molar-refractivity contribution < 1.29 is 4.79 Å². The van der Waals surface area contributed by atoms with Crippen LogP contribution in [0.3, 0.4) is 0 Å². The highest BCUT2D eigenvalue weighted by Crippen LogP contribution is 2.03. The van der Waals surface area contributed by atoms with Gasteiger partial charge < -0.3 is 0 Å². The van der Waals surface area contributed by atoms with Crippen molar-refractivity contribution in [3.63, 3.8) is 0 Å². The standard InChI is InChI=1S/C9H10N2O/c1-8(12)7-10-11-9-5-3-2-4-6-9/h2-7,11H,1H3. The molecule has 0 radical (unpaired) electrons. The fourth-order valence-corrected chi connectivity index (χ4v) is 0.710. The monoisotopic (exact) mass is 162 g/mol. The van der Waals surface area contributed by atoms with Gasteiger partial charge in [0.25, 0.3) is 0 Å². The highest BCUT2D eigenvalue weighted by Gasteiger charge is 1.85. The lowest BCUT2D eigenvalue weighted by molar-refractivity contribution is -0.110. The quantitative estimate of drug-likeness (QED) is 0.542. The van der Waals surface area contributed by atoms with Gasteiger partial charge in [0.15, 0.2) is 5.78 Å². The molecule has 0 saturated heterocycles. The molecule has 0 bridgehead atoms. The van der Waals surface area contributed by atoms with Crippen LogP contribution in [-0.4, -0.2) is 12.0 Å².